The molecule has 2 N–H and O–H groups in total. The Balaban J connectivity index is 2.48. The van der Waals surface area contributed by atoms with Gasteiger partial charge < -0.3 is 5.73 Å². The van der Waals surface area contributed by atoms with Gasteiger partial charge in [-0.15, -0.1) is 0 Å². The number of hydrogen-bond donors (Lipinski definition) is 1. The van der Waals surface area contributed by atoms with E-state index in [1.165, 1.54) is 6.07 Å². The Bertz CT molecular complexity index is 867. The van der Waals surface area contributed by atoms with Gasteiger partial charge in [0.25, 0.3) is 0 Å². The van der Waals surface area contributed by atoms with Crippen LogP contribution in [0.3, 0.4) is 0 Å². The third-order valence-corrected chi connectivity index (χ3v) is 5.06. The number of rotatable bonds is 4. The van der Waals surface area contributed by atoms with E-state index in [2.05, 4.69) is 0 Å². The second-order valence-corrected chi connectivity index (χ2v) is 6.99. The van der Waals surface area contributed by atoms with E-state index in [1.54, 1.807) is 0 Å². The van der Waals surface area contributed by atoms with E-state index in [0.717, 1.165) is 36.4 Å². The number of hydrogen-bond acceptors (Lipinski definition) is 1. The lowest BCUT2D eigenvalue weighted by Crippen LogP contribution is -2.19. The maximum absolute atomic E-state index is 13.5. The van der Waals surface area contributed by atoms with Crippen LogP contribution in [-0.4, -0.2) is 6.18 Å². The lowest BCUT2D eigenvalue weighted by Gasteiger charge is -2.18. The average molecular weight is 463 g/mol. The predicted octanol–water partition coefficient (Wildman–Crippen LogP) is 7.48. The maximum Gasteiger partial charge on any atom is 0.416 e. The quantitative estimate of drug-likeness (QED) is 0.370. The molecule has 0 aromatic heterocycles. The summed E-state index contributed by atoms with van der Waals surface area (Å²) in [6, 6.07) is 5.14. The molecule has 2 aromatic carbocycles. The van der Waals surface area contributed by atoms with Crippen LogP contribution in [0.25, 0.3) is 6.08 Å². The van der Waals surface area contributed by atoms with E-state index in [4.69, 9.17) is 40.5 Å². The highest BCUT2D eigenvalue weighted by molar-refractivity contribution is 6.48. The molecule has 0 saturated carbocycles. The zero-order valence-electron chi connectivity index (χ0n) is 13.8. The van der Waals surface area contributed by atoms with Gasteiger partial charge in [0.05, 0.1) is 26.5 Å². The van der Waals surface area contributed by atoms with Crippen LogP contribution in [0.15, 0.2) is 36.4 Å². The van der Waals surface area contributed by atoms with E-state index >= 15 is 0 Å². The first kappa shape index (κ1) is 22.9. The minimum absolute atomic E-state index is 0.0649. The van der Waals surface area contributed by atoms with Crippen LogP contribution < -0.4 is 5.73 Å². The number of benzene rings is 2. The molecule has 0 fully saturated rings. The third kappa shape index (κ3) is 5.35. The molecule has 0 aliphatic rings. The smallest absolute Gasteiger partial charge is 0.326 e. The topological polar surface area (TPSA) is 26.0 Å². The first-order chi connectivity index (χ1) is 12.8. The minimum atomic E-state index is -4.74. The zero-order valence-corrected chi connectivity index (χ0v) is 16.1. The summed E-state index contributed by atoms with van der Waals surface area (Å²) < 4.78 is 79.8. The monoisotopic (exact) mass is 461 g/mol. The van der Waals surface area contributed by atoms with Crippen LogP contribution in [0, 0.1) is 0 Å². The van der Waals surface area contributed by atoms with Crippen molar-refractivity contribution in [3.8, 4) is 0 Å². The fourth-order valence-electron chi connectivity index (χ4n) is 2.51. The molecule has 1 nitrogen and oxygen atoms in total. The largest absolute Gasteiger partial charge is 0.416 e. The molecule has 152 valence electrons. The highest BCUT2D eigenvalue weighted by Crippen LogP contribution is 2.41. The minimum Gasteiger partial charge on any atom is -0.326 e. The normalized spacial score (nSPS) is 13.9. The van der Waals surface area contributed by atoms with Gasteiger partial charge in [-0.05, 0) is 34.9 Å². The highest BCUT2D eigenvalue weighted by atomic mass is 35.5. The first-order valence-corrected chi connectivity index (χ1v) is 8.77. The molecule has 2 aromatic rings. The fraction of sp³-hybridized carbons (Fsp3) is 0.222. The van der Waals surface area contributed by atoms with Crippen LogP contribution >= 0.6 is 34.8 Å². The van der Waals surface area contributed by atoms with Crippen molar-refractivity contribution < 1.29 is 26.3 Å². The summed E-state index contributed by atoms with van der Waals surface area (Å²) in [6.07, 6.45) is -7.74. The summed E-state index contributed by atoms with van der Waals surface area (Å²) in [5, 5.41) is -0.430. The van der Waals surface area contributed by atoms with Gasteiger partial charge in [0.1, 0.15) is 0 Å². The summed E-state index contributed by atoms with van der Waals surface area (Å²) in [7, 11) is 0. The number of halogens is 9. The van der Waals surface area contributed by atoms with Crippen LogP contribution in [-0.2, 0) is 12.7 Å². The number of allylic oxidation sites excluding steroid dienone is 1. The first-order valence-electron chi connectivity index (χ1n) is 7.64. The van der Waals surface area contributed by atoms with Crippen LogP contribution in [0.2, 0.25) is 15.1 Å². The maximum atomic E-state index is 13.5. The van der Waals surface area contributed by atoms with E-state index in [-0.39, 0.29) is 38.3 Å². The number of nitrogens with two attached hydrogens (primary N) is 1. The third-order valence-electron chi connectivity index (χ3n) is 3.86. The fourth-order valence-corrected chi connectivity index (χ4v) is 3.12. The van der Waals surface area contributed by atoms with E-state index in [9.17, 15) is 26.3 Å². The molecule has 1 atom stereocenters. The van der Waals surface area contributed by atoms with Crippen molar-refractivity contribution >= 4 is 40.9 Å². The van der Waals surface area contributed by atoms with Crippen LogP contribution in [0.4, 0.5) is 26.3 Å². The van der Waals surface area contributed by atoms with Crippen molar-refractivity contribution in [2.75, 3.05) is 0 Å². The second kappa shape index (κ2) is 8.53. The van der Waals surface area contributed by atoms with Gasteiger partial charge in [-0.3, -0.25) is 0 Å². The van der Waals surface area contributed by atoms with Crippen molar-refractivity contribution in [3.05, 3.63) is 73.7 Å². The van der Waals surface area contributed by atoms with Crippen LogP contribution in [0.1, 0.15) is 28.2 Å². The van der Waals surface area contributed by atoms with Crippen LogP contribution in [0.5, 0.6) is 0 Å². The molecular weight excluding hydrogens is 451 g/mol. The molecule has 0 aliphatic carbocycles. The van der Waals surface area contributed by atoms with Crippen molar-refractivity contribution in [1.82, 2.24) is 0 Å². The van der Waals surface area contributed by atoms with E-state index < -0.39 is 23.8 Å². The van der Waals surface area contributed by atoms with Gasteiger partial charge in [0, 0.05) is 6.54 Å². The van der Waals surface area contributed by atoms with E-state index in [1.807, 2.05) is 0 Å². The van der Waals surface area contributed by atoms with Gasteiger partial charge in [-0.25, -0.2) is 0 Å². The van der Waals surface area contributed by atoms with Crippen molar-refractivity contribution in [2.24, 2.45) is 5.73 Å². The Kier molecular flexibility index (Phi) is 6.97. The molecule has 0 radical (unpaired) electrons. The Morgan fingerprint density at radius 2 is 1.50 bits per heavy atom. The molecule has 1 unspecified atom stereocenters. The summed E-state index contributed by atoms with van der Waals surface area (Å²) in [6.45, 7) is -0.355. The zero-order chi connectivity index (χ0) is 21.3. The summed E-state index contributed by atoms with van der Waals surface area (Å²) in [5.74, 6) is -2.15. The molecule has 2 rings (SSSR count). The highest BCUT2D eigenvalue weighted by Gasteiger charge is 2.39. The molecule has 10 heteroatoms. The predicted molar refractivity (Wildman–Crippen MR) is 98.6 cm³/mol. The molecule has 0 saturated heterocycles. The standard InChI is InChI=1S/C18H12Cl3F6N/c19-14-6-11(7-15(20)16(14)21)12(17(22,23)24)4-2-9-1-3-10(8-28)13(5-9)18(25,26)27/h1-7,12H,8,28H2. The Morgan fingerprint density at radius 3 is 1.96 bits per heavy atom. The molecule has 0 aliphatic heterocycles. The lowest BCUT2D eigenvalue weighted by molar-refractivity contribution is -0.140. The van der Waals surface area contributed by atoms with Gasteiger partial charge in [0.15, 0.2) is 0 Å². The average Bonchev–Trinajstić information content (AvgIpc) is 2.57. The van der Waals surface area contributed by atoms with Crippen molar-refractivity contribution in [1.29, 1.82) is 0 Å². The van der Waals surface area contributed by atoms with Gasteiger partial charge in [-0.2, -0.15) is 26.3 Å². The molecule has 0 amide bonds. The lowest BCUT2D eigenvalue weighted by atomic mass is 9.96. The molecule has 0 spiro atoms. The molecule has 0 bridgehead atoms. The van der Waals surface area contributed by atoms with Gasteiger partial charge in [0.2, 0.25) is 0 Å². The number of alkyl halides is 6. The van der Waals surface area contributed by atoms with Crippen molar-refractivity contribution in [3.63, 3.8) is 0 Å². The van der Waals surface area contributed by atoms with Gasteiger partial charge in [-0.1, -0.05) is 59.1 Å². The molecule has 0 heterocycles. The summed E-state index contributed by atoms with van der Waals surface area (Å²) in [5.41, 5.74) is 3.77. The second-order valence-electron chi connectivity index (χ2n) is 5.80. The van der Waals surface area contributed by atoms with Crippen molar-refractivity contribution in [2.45, 2.75) is 24.8 Å². The molecule has 28 heavy (non-hydrogen) atoms. The Morgan fingerprint density at radius 1 is 0.929 bits per heavy atom. The van der Waals surface area contributed by atoms with E-state index in [0.29, 0.717) is 0 Å². The molecular formula is C18H12Cl3F6N. The SMILES string of the molecule is NCc1ccc(C=CC(c2cc(Cl)c(Cl)c(Cl)c2)C(F)(F)F)cc1C(F)(F)F. The van der Waals surface area contributed by atoms with Gasteiger partial charge >= 0.3 is 12.4 Å². The summed E-state index contributed by atoms with van der Waals surface area (Å²) in [4.78, 5) is 0. The Hall–Kier alpha value is -1.41. The summed E-state index contributed by atoms with van der Waals surface area (Å²) >= 11 is 17.3. The Labute approximate surface area is 171 Å².